The zero-order chi connectivity index (χ0) is 17.2. The van der Waals surface area contributed by atoms with Crippen LogP contribution in [0.25, 0.3) is 0 Å². The van der Waals surface area contributed by atoms with Crippen LogP contribution in [-0.2, 0) is 14.8 Å². The van der Waals surface area contributed by atoms with Gasteiger partial charge in [0.15, 0.2) is 0 Å². The molecule has 128 valence electrons. The average molecular weight is 342 g/mol. The van der Waals surface area contributed by atoms with Gasteiger partial charge in [0.2, 0.25) is 15.9 Å². The summed E-state index contributed by atoms with van der Waals surface area (Å²) in [6, 6.07) is 4.39. The number of carbonyl (C=O) groups excluding carboxylic acids is 1. The minimum Gasteiger partial charge on any atom is -0.341 e. The Morgan fingerprint density at radius 1 is 1.43 bits per heavy atom. The summed E-state index contributed by atoms with van der Waals surface area (Å²) in [5.74, 6) is -0.380. The summed E-state index contributed by atoms with van der Waals surface area (Å²) in [7, 11) is -3.71. The van der Waals surface area contributed by atoms with Crippen LogP contribution in [0.1, 0.15) is 26.7 Å². The monoisotopic (exact) mass is 342 g/mol. The van der Waals surface area contributed by atoms with Crippen LogP contribution in [0, 0.1) is 11.7 Å². The van der Waals surface area contributed by atoms with Crippen LogP contribution >= 0.6 is 0 Å². The van der Waals surface area contributed by atoms with Gasteiger partial charge in [0.1, 0.15) is 11.9 Å². The lowest BCUT2D eigenvalue weighted by Crippen LogP contribution is -2.51. The first kappa shape index (κ1) is 17.7. The highest BCUT2D eigenvalue weighted by Crippen LogP contribution is 2.24. The topological polar surface area (TPSA) is 57.7 Å². The number of hydrogen-bond donors (Lipinski definition) is 0. The molecule has 0 N–H and O–H groups in total. The van der Waals surface area contributed by atoms with Gasteiger partial charge in [-0.2, -0.15) is 0 Å². The van der Waals surface area contributed by atoms with E-state index in [1.807, 2.05) is 0 Å². The van der Waals surface area contributed by atoms with Crippen molar-refractivity contribution < 1.29 is 17.6 Å². The Bertz CT molecular complexity index is 678. The molecule has 7 heteroatoms. The van der Waals surface area contributed by atoms with Crippen molar-refractivity contribution >= 4 is 21.6 Å². The molecule has 1 fully saturated rings. The van der Waals surface area contributed by atoms with E-state index in [0.29, 0.717) is 19.0 Å². The van der Waals surface area contributed by atoms with Crippen LogP contribution in [0.5, 0.6) is 0 Å². The standard InChI is InChI=1S/C16H23FN2O3S/c1-12-6-5-9-18(11-12)16(20)13(2)19(23(3,21)22)15-8-4-7-14(17)10-15/h4,7-8,10,12-13H,5-6,9,11H2,1-3H3/t12-,13-/m0/s1. The lowest BCUT2D eigenvalue weighted by Gasteiger charge is -2.36. The maximum atomic E-state index is 13.5. The number of nitrogens with zero attached hydrogens (tertiary/aromatic N) is 2. The van der Waals surface area contributed by atoms with E-state index in [-0.39, 0.29) is 11.6 Å². The fraction of sp³-hybridized carbons (Fsp3) is 0.562. The molecule has 1 aromatic carbocycles. The summed E-state index contributed by atoms with van der Waals surface area (Å²) >= 11 is 0. The van der Waals surface area contributed by atoms with Crippen molar-refractivity contribution in [2.45, 2.75) is 32.7 Å². The fourth-order valence-electron chi connectivity index (χ4n) is 3.07. The summed E-state index contributed by atoms with van der Waals surface area (Å²) in [4.78, 5) is 14.4. The molecule has 0 aromatic heterocycles. The quantitative estimate of drug-likeness (QED) is 0.843. The van der Waals surface area contributed by atoms with E-state index in [1.165, 1.54) is 18.2 Å². The van der Waals surface area contributed by atoms with E-state index in [0.717, 1.165) is 29.5 Å². The number of likely N-dealkylation sites (tertiary alicyclic amines) is 1. The Balaban J connectivity index is 2.30. The summed E-state index contributed by atoms with van der Waals surface area (Å²) in [6.07, 6.45) is 3.01. The van der Waals surface area contributed by atoms with Crippen molar-refractivity contribution in [1.29, 1.82) is 0 Å². The van der Waals surface area contributed by atoms with Crippen LogP contribution < -0.4 is 4.31 Å². The van der Waals surface area contributed by atoms with E-state index < -0.39 is 21.9 Å². The Labute approximate surface area is 137 Å². The lowest BCUT2D eigenvalue weighted by molar-refractivity contribution is -0.133. The van der Waals surface area contributed by atoms with E-state index in [9.17, 15) is 17.6 Å². The van der Waals surface area contributed by atoms with Crippen molar-refractivity contribution in [3.8, 4) is 0 Å². The molecule has 1 saturated heterocycles. The zero-order valence-corrected chi connectivity index (χ0v) is 14.5. The van der Waals surface area contributed by atoms with E-state index in [1.54, 1.807) is 11.8 Å². The van der Waals surface area contributed by atoms with E-state index >= 15 is 0 Å². The highest BCUT2D eigenvalue weighted by atomic mass is 32.2. The van der Waals surface area contributed by atoms with Crippen molar-refractivity contribution in [2.75, 3.05) is 23.7 Å². The molecule has 0 unspecified atom stereocenters. The van der Waals surface area contributed by atoms with Gasteiger partial charge in [0, 0.05) is 13.1 Å². The Kier molecular flexibility index (Phi) is 5.29. The molecule has 1 heterocycles. The molecular formula is C16H23FN2O3S. The number of amides is 1. The van der Waals surface area contributed by atoms with Crippen LogP contribution in [-0.4, -0.2) is 44.6 Å². The molecule has 0 radical (unpaired) electrons. The summed E-state index contributed by atoms with van der Waals surface area (Å²) in [5, 5.41) is 0. The van der Waals surface area contributed by atoms with Crippen molar-refractivity contribution in [3.05, 3.63) is 30.1 Å². The smallest absolute Gasteiger partial charge is 0.246 e. The van der Waals surface area contributed by atoms with Crippen molar-refractivity contribution in [1.82, 2.24) is 4.90 Å². The molecule has 0 aliphatic carbocycles. The normalized spacial score (nSPS) is 20.2. The third-order valence-corrected chi connectivity index (χ3v) is 5.34. The number of piperidine rings is 1. The molecule has 0 bridgehead atoms. The first-order valence-electron chi connectivity index (χ1n) is 7.74. The highest BCUT2D eigenvalue weighted by Gasteiger charge is 2.33. The minimum absolute atomic E-state index is 0.165. The molecule has 2 rings (SSSR count). The number of carbonyl (C=O) groups is 1. The van der Waals surface area contributed by atoms with Crippen LogP contribution in [0.2, 0.25) is 0 Å². The van der Waals surface area contributed by atoms with Gasteiger partial charge in [-0.1, -0.05) is 13.0 Å². The number of hydrogen-bond acceptors (Lipinski definition) is 3. The maximum absolute atomic E-state index is 13.5. The van der Waals surface area contributed by atoms with Gasteiger partial charge in [-0.05, 0) is 43.9 Å². The summed E-state index contributed by atoms with van der Waals surface area (Å²) in [5.41, 5.74) is 0.165. The Morgan fingerprint density at radius 3 is 2.70 bits per heavy atom. The first-order valence-corrected chi connectivity index (χ1v) is 9.58. The second kappa shape index (κ2) is 6.86. The van der Waals surface area contributed by atoms with Gasteiger partial charge in [0.05, 0.1) is 11.9 Å². The van der Waals surface area contributed by atoms with Gasteiger partial charge in [0.25, 0.3) is 0 Å². The molecule has 0 saturated carbocycles. The van der Waals surface area contributed by atoms with Gasteiger partial charge in [-0.15, -0.1) is 0 Å². The minimum atomic E-state index is -3.71. The zero-order valence-electron chi connectivity index (χ0n) is 13.7. The SMILES string of the molecule is C[C@H]1CCCN(C(=O)[C@H](C)N(c2cccc(F)c2)S(C)(=O)=O)C1. The molecule has 1 aliphatic heterocycles. The third kappa shape index (κ3) is 4.22. The molecular weight excluding hydrogens is 319 g/mol. The van der Waals surface area contributed by atoms with Gasteiger partial charge >= 0.3 is 0 Å². The van der Waals surface area contributed by atoms with Gasteiger partial charge in [-0.3, -0.25) is 9.10 Å². The van der Waals surface area contributed by atoms with Gasteiger partial charge < -0.3 is 4.90 Å². The van der Waals surface area contributed by atoms with E-state index in [4.69, 9.17) is 0 Å². The molecule has 5 nitrogen and oxygen atoms in total. The predicted octanol–water partition coefficient (Wildman–Crippen LogP) is 2.24. The molecule has 23 heavy (non-hydrogen) atoms. The number of rotatable bonds is 4. The lowest BCUT2D eigenvalue weighted by atomic mass is 10.00. The number of benzene rings is 1. The summed E-state index contributed by atoms with van der Waals surface area (Å²) < 4.78 is 38.8. The predicted molar refractivity (Wildman–Crippen MR) is 88.2 cm³/mol. The number of sulfonamides is 1. The number of anilines is 1. The van der Waals surface area contributed by atoms with Crippen LogP contribution in [0.4, 0.5) is 10.1 Å². The molecule has 1 aliphatic rings. The molecule has 2 atom stereocenters. The second-order valence-electron chi connectivity index (χ2n) is 6.25. The highest BCUT2D eigenvalue weighted by molar-refractivity contribution is 7.92. The molecule has 1 aromatic rings. The maximum Gasteiger partial charge on any atom is 0.246 e. The number of halogens is 1. The van der Waals surface area contributed by atoms with E-state index in [2.05, 4.69) is 6.92 Å². The Morgan fingerprint density at radius 2 is 2.13 bits per heavy atom. The van der Waals surface area contributed by atoms with Crippen molar-refractivity contribution in [3.63, 3.8) is 0 Å². The third-order valence-electron chi connectivity index (χ3n) is 4.10. The van der Waals surface area contributed by atoms with Crippen molar-refractivity contribution in [2.24, 2.45) is 5.92 Å². The van der Waals surface area contributed by atoms with Crippen LogP contribution in [0.3, 0.4) is 0 Å². The van der Waals surface area contributed by atoms with Gasteiger partial charge in [-0.25, -0.2) is 12.8 Å². The average Bonchev–Trinajstić information content (AvgIpc) is 2.45. The largest absolute Gasteiger partial charge is 0.341 e. The fourth-order valence-corrected chi connectivity index (χ4v) is 4.23. The molecule has 0 spiro atoms. The van der Waals surface area contributed by atoms with Crippen LogP contribution in [0.15, 0.2) is 24.3 Å². The summed E-state index contributed by atoms with van der Waals surface area (Å²) in [6.45, 7) is 4.89. The first-order chi connectivity index (χ1) is 10.7. The molecule has 1 amide bonds. The second-order valence-corrected chi connectivity index (χ2v) is 8.11. The Hall–Kier alpha value is -1.63.